The highest BCUT2D eigenvalue weighted by atomic mass is 32.2. The molecule has 0 aliphatic carbocycles. The molecule has 1 saturated heterocycles. The molecule has 0 radical (unpaired) electrons. The van der Waals surface area contributed by atoms with E-state index in [1.165, 1.54) is 24.3 Å². The highest BCUT2D eigenvalue weighted by molar-refractivity contribution is 7.87. The summed E-state index contributed by atoms with van der Waals surface area (Å²) in [5, 5.41) is 3.50. The molecule has 196 valence electrons. The van der Waals surface area contributed by atoms with Gasteiger partial charge in [0, 0.05) is 5.56 Å². The van der Waals surface area contributed by atoms with E-state index in [0.717, 1.165) is 21.4 Å². The number of amides is 4. The van der Waals surface area contributed by atoms with Crippen LogP contribution in [0.2, 0.25) is 0 Å². The summed E-state index contributed by atoms with van der Waals surface area (Å²) in [7, 11) is -4.24. The maximum atomic E-state index is 13.6. The number of urea groups is 1. The van der Waals surface area contributed by atoms with Crippen molar-refractivity contribution >= 4 is 50.5 Å². The number of barbiturate groups is 1. The van der Waals surface area contributed by atoms with Crippen LogP contribution in [0.5, 0.6) is 5.75 Å². The van der Waals surface area contributed by atoms with Gasteiger partial charge in [-0.1, -0.05) is 65.7 Å². The largest absolute Gasteiger partial charge is 0.378 e. The lowest BCUT2D eigenvalue weighted by Crippen LogP contribution is -2.54. The quantitative estimate of drug-likeness (QED) is 0.212. The number of benzene rings is 4. The van der Waals surface area contributed by atoms with E-state index in [1.807, 2.05) is 32.0 Å². The predicted octanol–water partition coefficient (Wildman–Crippen LogP) is 5.20. The number of nitrogens with one attached hydrogen (secondary N) is 1. The van der Waals surface area contributed by atoms with Crippen LogP contribution < -0.4 is 14.4 Å². The Hall–Kier alpha value is -4.76. The maximum absolute atomic E-state index is 13.6. The fraction of sp³-hybridized carbons (Fsp3) is 0.100. The first-order valence-corrected chi connectivity index (χ1v) is 13.5. The predicted molar refractivity (Wildman–Crippen MR) is 148 cm³/mol. The van der Waals surface area contributed by atoms with Crippen LogP contribution in [0, 0.1) is 20.8 Å². The SMILES string of the molecule is Cc1ccc(S(=O)(=O)Oc2ccc3ccccc3c2/C=C2\C(=O)NC(=O)N(c3ccc(C)cc3C)C2=O)cc1. The lowest BCUT2D eigenvalue weighted by Gasteiger charge is -2.28. The molecule has 1 fully saturated rings. The maximum Gasteiger partial charge on any atom is 0.339 e. The van der Waals surface area contributed by atoms with E-state index in [0.29, 0.717) is 16.6 Å². The Kier molecular flexibility index (Phi) is 6.53. The summed E-state index contributed by atoms with van der Waals surface area (Å²) in [6, 6.07) is 20.8. The van der Waals surface area contributed by atoms with E-state index < -0.39 is 28.0 Å². The molecule has 0 bridgehead atoms. The van der Waals surface area contributed by atoms with Gasteiger partial charge >= 0.3 is 16.1 Å². The van der Waals surface area contributed by atoms with Gasteiger partial charge in [-0.2, -0.15) is 8.42 Å². The molecule has 39 heavy (non-hydrogen) atoms. The van der Waals surface area contributed by atoms with Crippen LogP contribution in [0.25, 0.3) is 16.8 Å². The average Bonchev–Trinajstić information content (AvgIpc) is 2.88. The van der Waals surface area contributed by atoms with Gasteiger partial charge in [0.1, 0.15) is 10.5 Å². The first-order valence-electron chi connectivity index (χ1n) is 12.1. The lowest BCUT2D eigenvalue weighted by atomic mass is 9.99. The van der Waals surface area contributed by atoms with Crippen molar-refractivity contribution in [2.24, 2.45) is 0 Å². The molecular weight excluding hydrogens is 516 g/mol. The summed E-state index contributed by atoms with van der Waals surface area (Å²) in [4.78, 5) is 40.1. The fourth-order valence-corrected chi connectivity index (χ4v) is 5.39. The standard InChI is InChI=1S/C30H24N2O6S/c1-18-8-12-22(13-9-18)39(36,37)38-27-15-11-21-6-4-5-7-23(21)24(27)17-25-28(33)31-30(35)32(29(25)34)26-14-10-19(2)16-20(26)3/h4-17H,1-3H3,(H,31,33,35)/b25-17+. The molecule has 0 aromatic heterocycles. The second-order valence-electron chi connectivity index (χ2n) is 9.30. The number of fused-ring (bicyclic) bond motifs is 1. The molecule has 5 rings (SSSR count). The molecule has 8 nitrogen and oxygen atoms in total. The molecule has 0 unspecified atom stereocenters. The van der Waals surface area contributed by atoms with Gasteiger partial charge in [-0.25, -0.2) is 9.69 Å². The van der Waals surface area contributed by atoms with Crippen LogP contribution in [-0.2, 0) is 19.7 Å². The highest BCUT2D eigenvalue weighted by Crippen LogP contribution is 2.34. The van der Waals surface area contributed by atoms with Crippen molar-refractivity contribution in [1.29, 1.82) is 0 Å². The van der Waals surface area contributed by atoms with Crippen molar-refractivity contribution in [1.82, 2.24) is 5.32 Å². The van der Waals surface area contributed by atoms with Crippen LogP contribution in [0.3, 0.4) is 0 Å². The lowest BCUT2D eigenvalue weighted by molar-refractivity contribution is -0.122. The molecule has 4 aromatic carbocycles. The Labute approximate surface area is 225 Å². The van der Waals surface area contributed by atoms with Crippen molar-refractivity contribution in [3.05, 3.63) is 107 Å². The number of hydrogen-bond donors (Lipinski definition) is 1. The minimum atomic E-state index is -4.24. The smallest absolute Gasteiger partial charge is 0.339 e. The normalized spacial score (nSPS) is 15.1. The molecule has 1 aliphatic rings. The first-order chi connectivity index (χ1) is 18.5. The van der Waals surface area contributed by atoms with Crippen LogP contribution in [0.15, 0.2) is 89.3 Å². The Morgan fingerprint density at radius 3 is 2.23 bits per heavy atom. The minimum Gasteiger partial charge on any atom is -0.378 e. The van der Waals surface area contributed by atoms with Gasteiger partial charge in [-0.15, -0.1) is 0 Å². The zero-order valence-corrected chi connectivity index (χ0v) is 22.2. The number of anilines is 1. The number of carbonyl (C=O) groups is 3. The molecule has 0 atom stereocenters. The Morgan fingerprint density at radius 2 is 1.51 bits per heavy atom. The Morgan fingerprint density at radius 1 is 0.821 bits per heavy atom. The van der Waals surface area contributed by atoms with Crippen LogP contribution in [0.4, 0.5) is 10.5 Å². The Bertz CT molecular complexity index is 1810. The van der Waals surface area contributed by atoms with Crippen LogP contribution in [0.1, 0.15) is 22.3 Å². The molecule has 1 N–H and O–H groups in total. The number of hydrogen-bond acceptors (Lipinski definition) is 6. The number of aryl methyl sites for hydroxylation is 3. The third-order valence-corrected chi connectivity index (χ3v) is 7.67. The van der Waals surface area contributed by atoms with Gasteiger partial charge < -0.3 is 4.18 Å². The summed E-state index contributed by atoms with van der Waals surface area (Å²) in [5.41, 5.74) is 2.69. The highest BCUT2D eigenvalue weighted by Gasteiger charge is 2.38. The molecule has 0 saturated carbocycles. The molecule has 0 spiro atoms. The number of imide groups is 2. The number of carbonyl (C=O) groups excluding carboxylic acids is 3. The second kappa shape index (κ2) is 9.85. The first kappa shape index (κ1) is 25.9. The van der Waals surface area contributed by atoms with Gasteiger partial charge in [-0.3, -0.25) is 14.9 Å². The monoisotopic (exact) mass is 540 g/mol. The van der Waals surface area contributed by atoms with Gasteiger partial charge in [0.15, 0.2) is 5.75 Å². The van der Waals surface area contributed by atoms with Crippen LogP contribution in [-0.4, -0.2) is 26.3 Å². The number of nitrogens with zero attached hydrogens (tertiary/aromatic N) is 1. The average molecular weight is 541 g/mol. The molecule has 1 aliphatic heterocycles. The van der Waals surface area contributed by atoms with Crippen molar-refractivity contribution in [3.8, 4) is 5.75 Å². The zero-order valence-electron chi connectivity index (χ0n) is 21.4. The summed E-state index contributed by atoms with van der Waals surface area (Å²) in [6.07, 6.45) is 1.27. The molecular formula is C30H24N2O6S. The van der Waals surface area contributed by atoms with E-state index in [4.69, 9.17) is 4.18 Å². The van der Waals surface area contributed by atoms with Gasteiger partial charge in [0.2, 0.25) is 0 Å². The van der Waals surface area contributed by atoms with E-state index in [9.17, 15) is 22.8 Å². The van der Waals surface area contributed by atoms with Gasteiger partial charge in [0.25, 0.3) is 11.8 Å². The molecule has 1 heterocycles. The van der Waals surface area contributed by atoms with Crippen molar-refractivity contribution < 1.29 is 27.0 Å². The van der Waals surface area contributed by atoms with Crippen molar-refractivity contribution in [3.63, 3.8) is 0 Å². The van der Waals surface area contributed by atoms with Gasteiger partial charge in [0.05, 0.1) is 5.69 Å². The summed E-state index contributed by atoms with van der Waals surface area (Å²) in [5.74, 6) is -1.81. The third kappa shape index (κ3) is 4.92. The fourth-order valence-electron chi connectivity index (χ4n) is 4.45. The summed E-state index contributed by atoms with van der Waals surface area (Å²) >= 11 is 0. The summed E-state index contributed by atoms with van der Waals surface area (Å²) in [6.45, 7) is 5.48. The topological polar surface area (TPSA) is 110 Å². The summed E-state index contributed by atoms with van der Waals surface area (Å²) < 4.78 is 31.8. The third-order valence-electron chi connectivity index (χ3n) is 6.42. The van der Waals surface area contributed by atoms with E-state index >= 15 is 0 Å². The number of rotatable bonds is 5. The molecule has 4 amide bonds. The van der Waals surface area contributed by atoms with Gasteiger partial charge in [-0.05, 0) is 67.4 Å². The van der Waals surface area contributed by atoms with E-state index in [-0.39, 0.29) is 21.8 Å². The van der Waals surface area contributed by atoms with Crippen molar-refractivity contribution in [2.75, 3.05) is 4.90 Å². The Balaban J connectivity index is 1.65. The van der Waals surface area contributed by atoms with E-state index in [2.05, 4.69) is 5.32 Å². The van der Waals surface area contributed by atoms with Crippen molar-refractivity contribution in [2.45, 2.75) is 25.7 Å². The van der Waals surface area contributed by atoms with E-state index in [1.54, 1.807) is 49.4 Å². The second-order valence-corrected chi connectivity index (χ2v) is 10.8. The van der Waals surface area contributed by atoms with Crippen LogP contribution >= 0.6 is 0 Å². The molecule has 9 heteroatoms. The minimum absolute atomic E-state index is 0.0436. The molecule has 4 aromatic rings. The zero-order chi connectivity index (χ0) is 27.9.